The summed E-state index contributed by atoms with van der Waals surface area (Å²) in [6.45, 7) is 2.06. The fourth-order valence-corrected chi connectivity index (χ4v) is 1.34. The van der Waals surface area contributed by atoms with Crippen LogP contribution in [-0.4, -0.2) is 4.98 Å². The predicted octanol–water partition coefficient (Wildman–Crippen LogP) is 2.24. The van der Waals surface area contributed by atoms with Gasteiger partial charge in [-0.15, -0.1) is 0 Å². The Bertz CT molecular complexity index is 408. The smallest absolute Gasteiger partial charge is 0.181 e. The van der Waals surface area contributed by atoms with Gasteiger partial charge in [-0.1, -0.05) is 13.0 Å². The van der Waals surface area contributed by atoms with Crippen molar-refractivity contribution in [2.24, 2.45) is 5.73 Å². The first kappa shape index (κ1) is 8.26. The average Bonchev–Trinajstić information content (AvgIpc) is 2.63. The molecule has 0 aliphatic heterocycles. The molecule has 2 N–H and O–H groups in total. The Labute approximate surface area is 76.6 Å². The van der Waals surface area contributed by atoms with Crippen LogP contribution in [0.1, 0.15) is 24.9 Å². The highest BCUT2D eigenvalue weighted by Crippen LogP contribution is 2.19. The molecule has 2 aromatic rings. The molecule has 3 nitrogen and oxygen atoms in total. The van der Waals surface area contributed by atoms with Crippen LogP contribution in [0, 0.1) is 0 Å². The summed E-state index contributed by atoms with van der Waals surface area (Å²) >= 11 is 0. The van der Waals surface area contributed by atoms with Gasteiger partial charge in [-0.3, -0.25) is 0 Å². The molecular weight excluding hydrogens is 164 g/mol. The molecule has 0 aliphatic rings. The lowest BCUT2D eigenvalue weighted by molar-refractivity contribution is 0.600. The molecule has 3 heteroatoms. The minimum atomic E-state index is 0.0921. The van der Waals surface area contributed by atoms with Crippen molar-refractivity contribution in [1.29, 1.82) is 0 Å². The molecule has 0 fully saturated rings. The van der Waals surface area contributed by atoms with Crippen molar-refractivity contribution in [3.05, 3.63) is 30.2 Å². The third-order valence-electron chi connectivity index (χ3n) is 2.22. The molecule has 0 aliphatic carbocycles. The van der Waals surface area contributed by atoms with Crippen LogP contribution in [0.2, 0.25) is 0 Å². The zero-order chi connectivity index (χ0) is 9.26. The summed E-state index contributed by atoms with van der Waals surface area (Å²) in [4.78, 5) is 4.04. The number of nitrogens with zero attached hydrogens (tertiary/aromatic N) is 1. The van der Waals surface area contributed by atoms with Crippen molar-refractivity contribution < 1.29 is 4.42 Å². The summed E-state index contributed by atoms with van der Waals surface area (Å²) in [5.41, 5.74) is 8.68. The van der Waals surface area contributed by atoms with E-state index in [2.05, 4.69) is 11.9 Å². The monoisotopic (exact) mass is 176 g/mol. The maximum Gasteiger partial charge on any atom is 0.181 e. The topological polar surface area (TPSA) is 52.0 Å². The molecule has 0 saturated carbocycles. The lowest BCUT2D eigenvalue weighted by Gasteiger charge is -2.07. The van der Waals surface area contributed by atoms with Crippen LogP contribution in [-0.2, 0) is 0 Å². The summed E-state index contributed by atoms with van der Waals surface area (Å²) in [5.74, 6) is 0. The highest BCUT2D eigenvalue weighted by Gasteiger charge is 2.05. The number of fused-ring (bicyclic) bond motifs is 1. The second kappa shape index (κ2) is 3.18. The van der Waals surface area contributed by atoms with E-state index in [0.29, 0.717) is 0 Å². The number of nitrogens with two attached hydrogens (primary N) is 1. The minimum absolute atomic E-state index is 0.0921. The maximum absolute atomic E-state index is 5.89. The fraction of sp³-hybridized carbons (Fsp3) is 0.300. The molecule has 0 saturated heterocycles. The number of hydrogen-bond acceptors (Lipinski definition) is 3. The Kier molecular flexibility index (Phi) is 2.02. The molecule has 0 bridgehead atoms. The Morgan fingerprint density at radius 3 is 3.15 bits per heavy atom. The standard InChI is InChI=1S/C10H12N2O/c1-2-8(11)7-3-4-9-10(5-7)13-6-12-9/h3-6,8H,2,11H2,1H3. The van der Waals surface area contributed by atoms with Crippen LogP contribution in [0.3, 0.4) is 0 Å². The molecule has 1 atom stereocenters. The molecule has 1 aromatic heterocycles. The number of aromatic nitrogens is 1. The van der Waals surface area contributed by atoms with E-state index in [4.69, 9.17) is 10.2 Å². The first-order chi connectivity index (χ1) is 6.31. The van der Waals surface area contributed by atoms with Crippen molar-refractivity contribution in [3.63, 3.8) is 0 Å². The van der Waals surface area contributed by atoms with Crippen LogP contribution in [0.25, 0.3) is 11.1 Å². The molecule has 13 heavy (non-hydrogen) atoms. The molecule has 2 rings (SSSR count). The van der Waals surface area contributed by atoms with Crippen molar-refractivity contribution in [3.8, 4) is 0 Å². The van der Waals surface area contributed by atoms with Gasteiger partial charge in [0.1, 0.15) is 5.52 Å². The van der Waals surface area contributed by atoms with Gasteiger partial charge < -0.3 is 10.2 Å². The molecule has 1 heterocycles. The van der Waals surface area contributed by atoms with Gasteiger partial charge in [0.05, 0.1) is 0 Å². The summed E-state index contributed by atoms with van der Waals surface area (Å²) in [5, 5.41) is 0. The fourth-order valence-electron chi connectivity index (χ4n) is 1.34. The van der Waals surface area contributed by atoms with Crippen LogP contribution in [0.4, 0.5) is 0 Å². The quantitative estimate of drug-likeness (QED) is 0.763. The van der Waals surface area contributed by atoms with Crippen molar-refractivity contribution >= 4 is 11.1 Å². The molecule has 1 aromatic carbocycles. The van der Waals surface area contributed by atoms with Crippen molar-refractivity contribution in [1.82, 2.24) is 4.98 Å². The second-order valence-corrected chi connectivity index (χ2v) is 3.09. The van der Waals surface area contributed by atoms with Gasteiger partial charge in [0.2, 0.25) is 0 Å². The van der Waals surface area contributed by atoms with Crippen molar-refractivity contribution in [2.75, 3.05) is 0 Å². The molecule has 1 unspecified atom stereocenters. The minimum Gasteiger partial charge on any atom is -0.443 e. The Hall–Kier alpha value is -1.35. The van der Waals surface area contributed by atoms with Gasteiger partial charge in [0.15, 0.2) is 12.0 Å². The summed E-state index contributed by atoms with van der Waals surface area (Å²) in [6, 6.07) is 5.98. The van der Waals surface area contributed by atoms with Crippen LogP contribution >= 0.6 is 0 Å². The van der Waals surface area contributed by atoms with Gasteiger partial charge >= 0.3 is 0 Å². The van der Waals surface area contributed by atoms with Crippen LogP contribution in [0.15, 0.2) is 29.0 Å². The SMILES string of the molecule is CCC(N)c1ccc2ncoc2c1. The van der Waals surface area contributed by atoms with Gasteiger partial charge in [0, 0.05) is 6.04 Å². The third-order valence-corrected chi connectivity index (χ3v) is 2.22. The van der Waals surface area contributed by atoms with E-state index < -0.39 is 0 Å². The molecule has 68 valence electrons. The summed E-state index contributed by atoms with van der Waals surface area (Å²) < 4.78 is 5.19. The van der Waals surface area contributed by atoms with Crippen LogP contribution in [0.5, 0.6) is 0 Å². The third kappa shape index (κ3) is 1.42. The zero-order valence-corrected chi connectivity index (χ0v) is 7.53. The highest BCUT2D eigenvalue weighted by atomic mass is 16.3. The lowest BCUT2D eigenvalue weighted by atomic mass is 10.1. The molecule has 0 radical (unpaired) electrons. The van der Waals surface area contributed by atoms with E-state index in [-0.39, 0.29) is 6.04 Å². The molecular formula is C10H12N2O. The zero-order valence-electron chi connectivity index (χ0n) is 7.53. The van der Waals surface area contributed by atoms with Gasteiger partial charge in [-0.25, -0.2) is 4.98 Å². The molecule has 0 amide bonds. The largest absolute Gasteiger partial charge is 0.443 e. The van der Waals surface area contributed by atoms with E-state index in [1.54, 1.807) is 0 Å². The van der Waals surface area contributed by atoms with Gasteiger partial charge in [-0.2, -0.15) is 0 Å². The Balaban J connectivity index is 2.48. The Morgan fingerprint density at radius 1 is 1.54 bits per heavy atom. The Morgan fingerprint density at radius 2 is 2.38 bits per heavy atom. The number of rotatable bonds is 2. The number of oxazole rings is 1. The number of hydrogen-bond donors (Lipinski definition) is 1. The van der Waals surface area contributed by atoms with Gasteiger partial charge in [-0.05, 0) is 24.1 Å². The normalized spacial score (nSPS) is 13.4. The van der Waals surface area contributed by atoms with E-state index in [0.717, 1.165) is 23.1 Å². The van der Waals surface area contributed by atoms with E-state index in [1.807, 2.05) is 18.2 Å². The lowest BCUT2D eigenvalue weighted by Crippen LogP contribution is -2.07. The predicted molar refractivity (Wildman–Crippen MR) is 51.2 cm³/mol. The number of benzene rings is 1. The highest BCUT2D eigenvalue weighted by molar-refractivity contribution is 5.72. The van der Waals surface area contributed by atoms with Crippen molar-refractivity contribution in [2.45, 2.75) is 19.4 Å². The first-order valence-corrected chi connectivity index (χ1v) is 4.40. The summed E-state index contributed by atoms with van der Waals surface area (Å²) in [6.07, 6.45) is 2.38. The maximum atomic E-state index is 5.89. The van der Waals surface area contributed by atoms with E-state index in [1.165, 1.54) is 6.39 Å². The molecule has 0 spiro atoms. The van der Waals surface area contributed by atoms with Crippen LogP contribution < -0.4 is 5.73 Å². The second-order valence-electron chi connectivity index (χ2n) is 3.09. The first-order valence-electron chi connectivity index (χ1n) is 4.40. The average molecular weight is 176 g/mol. The van der Waals surface area contributed by atoms with Gasteiger partial charge in [0.25, 0.3) is 0 Å². The van der Waals surface area contributed by atoms with E-state index in [9.17, 15) is 0 Å². The summed E-state index contributed by atoms with van der Waals surface area (Å²) in [7, 11) is 0. The van der Waals surface area contributed by atoms with E-state index >= 15 is 0 Å².